The Labute approximate surface area is 214 Å². The fourth-order valence-corrected chi connectivity index (χ4v) is 5.74. The van der Waals surface area contributed by atoms with E-state index in [4.69, 9.17) is 26.8 Å². The number of rotatable bonds is 7. The van der Waals surface area contributed by atoms with E-state index >= 15 is 0 Å². The van der Waals surface area contributed by atoms with Gasteiger partial charge in [0.15, 0.2) is 9.84 Å². The molecule has 2 aromatic carbocycles. The molecule has 0 saturated carbocycles. The van der Waals surface area contributed by atoms with Crippen molar-refractivity contribution < 1.29 is 27.5 Å². The topological polar surface area (TPSA) is 140 Å². The number of anilines is 1. The van der Waals surface area contributed by atoms with Gasteiger partial charge in [-0.25, -0.2) is 18.0 Å². The summed E-state index contributed by atoms with van der Waals surface area (Å²) in [7, 11) is -1.64. The first kappa shape index (κ1) is 26.8. The largest absolute Gasteiger partial charge is 0.466 e. The van der Waals surface area contributed by atoms with Gasteiger partial charge < -0.3 is 15.2 Å². The lowest BCUT2D eigenvalue weighted by molar-refractivity contribution is -0.139. The van der Waals surface area contributed by atoms with Gasteiger partial charge in [0.2, 0.25) is 0 Å². The zero-order chi connectivity index (χ0) is 26.6. The number of ether oxygens (including phenoxy) is 2. The van der Waals surface area contributed by atoms with E-state index in [1.165, 1.54) is 18.2 Å². The van der Waals surface area contributed by atoms with Crippen LogP contribution in [0.5, 0.6) is 0 Å². The van der Waals surface area contributed by atoms with Gasteiger partial charge in [0.1, 0.15) is 11.5 Å². The van der Waals surface area contributed by atoms with Gasteiger partial charge in [0.25, 0.3) is 0 Å². The second kappa shape index (κ2) is 10.8. The Morgan fingerprint density at radius 1 is 1.11 bits per heavy atom. The minimum atomic E-state index is -3.87. The molecule has 0 bridgehead atoms. The standard InChI is InChI=1S/C25H24ClN3O6S/c1-4-12-36(32,33)19-11-10-16(26)13-18(19)29-22(25(31)35-3)21(24(30)34-2)20(17(14-27)23(29)28)15-8-6-5-7-9-15/h5-11,13,20H,4,12,28H2,1-3H3. The molecule has 36 heavy (non-hydrogen) atoms. The number of halogens is 1. The summed E-state index contributed by atoms with van der Waals surface area (Å²) >= 11 is 6.23. The molecule has 9 nitrogen and oxygen atoms in total. The molecule has 1 aliphatic heterocycles. The predicted molar refractivity (Wildman–Crippen MR) is 133 cm³/mol. The Kier molecular flexibility index (Phi) is 8.07. The molecule has 2 aromatic rings. The quantitative estimate of drug-likeness (QED) is 0.534. The Hall–Kier alpha value is -3.81. The second-order valence-corrected chi connectivity index (χ2v) is 10.3. The number of nitrogens with zero attached hydrogens (tertiary/aromatic N) is 2. The smallest absolute Gasteiger partial charge is 0.355 e. The molecule has 0 amide bonds. The number of nitriles is 1. The lowest BCUT2D eigenvalue weighted by Crippen LogP contribution is -2.41. The average Bonchev–Trinajstić information content (AvgIpc) is 2.87. The summed E-state index contributed by atoms with van der Waals surface area (Å²) in [5.74, 6) is -3.44. The van der Waals surface area contributed by atoms with Crippen molar-refractivity contribution in [3.8, 4) is 6.07 Å². The molecule has 188 valence electrons. The number of carbonyl (C=O) groups is 2. The van der Waals surface area contributed by atoms with Gasteiger partial charge in [-0.1, -0.05) is 48.9 Å². The number of benzene rings is 2. The van der Waals surface area contributed by atoms with Gasteiger partial charge in [0.05, 0.1) is 53.7 Å². The molecule has 0 spiro atoms. The van der Waals surface area contributed by atoms with Gasteiger partial charge in [-0.15, -0.1) is 0 Å². The van der Waals surface area contributed by atoms with Crippen LogP contribution < -0.4 is 10.6 Å². The summed E-state index contributed by atoms with van der Waals surface area (Å²) in [5.41, 5.74) is 6.14. The Balaban J connectivity index is 2.51. The maximum atomic E-state index is 13.2. The maximum Gasteiger partial charge on any atom is 0.355 e. The second-order valence-electron chi connectivity index (χ2n) is 7.77. The highest BCUT2D eigenvalue weighted by Crippen LogP contribution is 2.45. The van der Waals surface area contributed by atoms with Crippen molar-refractivity contribution in [2.24, 2.45) is 5.73 Å². The van der Waals surface area contributed by atoms with Crippen LogP contribution in [0.15, 0.2) is 76.1 Å². The van der Waals surface area contributed by atoms with E-state index in [1.807, 2.05) is 6.07 Å². The number of hydrogen-bond donors (Lipinski definition) is 1. The molecule has 0 radical (unpaired) electrons. The van der Waals surface area contributed by atoms with E-state index in [1.54, 1.807) is 37.3 Å². The van der Waals surface area contributed by atoms with Gasteiger partial charge in [-0.2, -0.15) is 5.26 Å². The zero-order valence-electron chi connectivity index (χ0n) is 19.8. The third-order valence-electron chi connectivity index (χ3n) is 5.58. The molecule has 0 fully saturated rings. The number of sulfone groups is 1. The Morgan fingerprint density at radius 3 is 2.31 bits per heavy atom. The number of esters is 2. The van der Waals surface area contributed by atoms with Crippen LogP contribution >= 0.6 is 11.6 Å². The summed E-state index contributed by atoms with van der Waals surface area (Å²) in [6.45, 7) is 1.70. The summed E-state index contributed by atoms with van der Waals surface area (Å²) in [6.07, 6.45) is 0.322. The summed E-state index contributed by atoms with van der Waals surface area (Å²) in [4.78, 5) is 27.2. The maximum absolute atomic E-state index is 13.2. The van der Waals surface area contributed by atoms with Crippen LogP contribution in [0.4, 0.5) is 5.69 Å². The normalized spacial score (nSPS) is 16.0. The van der Waals surface area contributed by atoms with Crippen molar-refractivity contribution in [1.82, 2.24) is 0 Å². The number of hydrogen-bond acceptors (Lipinski definition) is 9. The monoisotopic (exact) mass is 529 g/mol. The van der Waals surface area contributed by atoms with Crippen LogP contribution in [0.1, 0.15) is 24.8 Å². The molecule has 0 aliphatic carbocycles. The van der Waals surface area contributed by atoms with E-state index in [9.17, 15) is 23.3 Å². The first-order valence-electron chi connectivity index (χ1n) is 10.8. The van der Waals surface area contributed by atoms with E-state index in [0.29, 0.717) is 12.0 Å². The minimum absolute atomic E-state index is 0.0898. The highest BCUT2D eigenvalue weighted by Gasteiger charge is 2.44. The minimum Gasteiger partial charge on any atom is -0.466 e. The van der Waals surface area contributed by atoms with Crippen molar-refractivity contribution in [3.63, 3.8) is 0 Å². The fraction of sp³-hybridized carbons (Fsp3) is 0.240. The van der Waals surface area contributed by atoms with Crippen LogP contribution in [-0.2, 0) is 28.9 Å². The van der Waals surface area contributed by atoms with Gasteiger partial charge in [-0.05, 0) is 30.2 Å². The molecule has 1 aliphatic rings. The van der Waals surface area contributed by atoms with Gasteiger partial charge in [-0.3, -0.25) is 4.90 Å². The number of nitrogens with two attached hydrogens (primary N) is 1. The summed E-state index contributed by atoms with van der Waals surface area (Å²) < 4.78 is 36.3. The number of methoxy groups -OCH3 is 2. The van der Waals surface area contributed by atoms with Crippen molar-refractivity contribution >= 4 is 39.1 Å². The van der Waals surface area contributed by atoms with E-state index in [-0.39, 0.29) is 44.0 Å². The molecule has 1 unspecified atom stereocenters. The lowest BCUT2D eigenvalue weighted by Gasteiger charge is -2.36. The third kappa shape index (κ3) is 4.80. The molecule has 0 saturated heterocycles. The number of carbonyl (C=O) groups excluding carboxylic acids is 2. The third-order valence-corrected chi connectivity index (χ3v) is 7.78. The Morgan fingerprint density at radius 2 is 1.75 bits per heavy atom. The van der Waals surface area contributed by atoms with E-state index in [2.05, 4.69) is 0 Å². The zero-order valence-corrected chi connectivity index (χ0v) is 21.4. The molecule has 0 aromatic heterocycles. The number of allylic oxidation sites excluding steroid dienone is 1. The summed E-state index contributed by atoms with van der Waals surface area (Å²) in [5, 5.41) is 10.3. The van der Waals surface area contributed by atoms with Crippen molar-refractivity contribution in [2.45, 2.75) is 24.2 Å². The van der Waals surface area contributed by atoms with Crippen molar-refractivity contribution in [2.75, 3.05) is 24.9 Å². The van der Waals surface area contributed by atoms with Crippen LogP contribution in [0, 0.1) is 11.3 Å². The van der Waals surface area contributed by atoms with Crippen LogP contribution in [0.2, 0.25) is 5.02 Å². The van der Waals surface area contributed by atoms with Crippen molar-refractivity contribution in [3.05, 3.63) is 81.8 Å². The first-order valence-corrected chi connectivity index (χ1v) is 12.8. The van der Waals surface area contributed by atoms with Crippen molar-refractivity contribution in [1.29, 1.82) is 5.26 Å². The van der Waals surface area contributed by atoms with E-state index < -0.39 is 27.7 Å². The van der Waals surface area contributed by atoms with Crippen LogP contribution in [0.25, 0.3) is 0 Å². The molecular formula is C25H24ClN3O6S. The van der Waals surface area contributed by atoms with Gasteiger partial charge in [0, 0.05) is 5.02 Å². The predicted octanol–water partition coefficient (Wildman–Crippen LogP) is 3.42. The molecular weight excluding hydrogens is 506 g/mol. The first-order chi connectivity index (χ1) is 17.1. The molecule has 1 atom stereocenters. The molecule has 2 N–H and O–H groups in total. The molecule has 3 rings (SSSR count). The molecule has 11 heteroatoms. The lowest BCUT2D eigenvalue weighted by atomic mass is 9.81. The summed E-state index contributed by atoms with van der Waals surface area (Å²) in [6, 6.07) is 14.5. The Bertz CT molecular complexity index is 1410. The van der Waals surface area contributed by atoms with Crippen LogP contribution in [-0.4, -0.2) is 40.3 Å². The highest BCUT2D eigenvalue weighted by molar-refractivity contribution is 7.91. The van der Waals surface area contributed by atoms with E-state index in [0.717, 1.165) is 19.1 Å². The average molecular weight is 530 g/mol. The SMILES string of the molecule is CCCS(=O)(=O)c1ccc(Cl)cc1N1C(N)=C(C#N)C(c2ccccc2)C(C(=O)OC)=C1C(=O)OC. The van der Waals surface area contributed by atoms with Crippen LogP contribution in [0.3, 0.4) is 0 Å². The highest BCUT2D eigenvalue weighted by atomic mass is 35.5. The fourth-order valence-electron chi connectivity index (χ4n) is 4.07. The molecule has 1 heterocycles. The van der Waals surface area contributed by atoms with Gasteiger partial charge >= 0.3 is 11.9 Å².